The van der Waals surface area contributed by atoms with E-state index >= 15 is 0 Å². The van der Waals surface area contributed by atoms with Crippen molar-refractivity contribution < 1.29 is 27.6 Å². The zero-order valence-corrected chi connectivity index (χ0v) is 21.1. The van der Waals surface area contributed by atoms with Gasteiger partial charge in [-0.25, -0.2) is 8.42 Å². The molecule has 0 unspecified atom stereocenters. The number of carbonyl (C=O) groups excluding carboxylic acids is 4. The summed E-state index contributed by atoms with van der Waals surface area (Å²) in [6.07, 6.45) is 0. The molecule has 0 atom stereocenters. The van der Waals surface area contributed by atoms with E-state index < -0.39 is 65.5 Å². The Hall–Kier alpha value is -5.29. The number of hydrogen-bond donors (Lipinski definition) is 4. The molecule has 0 spiro atoms. The van der Waals surface area contributed by atoms with Crippen LogP contribution >= 0.6 is 0 Å². The van der Waals surface area contributed by atoms with Crippen molar-refractivity contribution >= 4 is 33.5 Å². The van der Waals surface area contributed by atoms with Gasteiger partial charge in [0.1, 0.15) is 0 Å². The Morgan fingerprint density at radius 2 is 0.744 bits per heavy atom. The van der Waals surface area contributed by atoms with Crippen molar-refractivity contribution in [2.45, 2.75) is 9.79 Å². The van der Waals surface area contributed by atoms with Gasteiger partial charge in [0.05, 0.1) is 32.0 Å². The predicted molar refractivity (Wildman–Crippen MR) is 143 cm³/mol. The van der Waals surface area contributed by atoms with E-state index in [0.717, 1.165) is 12.1 Å². The highest BCUT2D eigenvalue weighted by molar-refractivity contribution is 7.91. The summed E-state index contributed by atoms with van der Waals surface area (Å²) >= 11 is 0. The van der Waals surface area contributed by atoms with Crippen molar-refractivity contribution in [3.63, 3.8) is 0 Å². The van der Waals surface area contributed by atoms with Crippen LogP contribution in [0, 0.1) is 0 Å². The number of amides is 4. The summed E-state index contributed by atoms with van der Waals surface area (Å²) in [7, 11) is -4.82. The zero-order chi connectivity index (χ0) is 28.5. The van der Waals surface area contributed by atoms with E-state index in [-0.39, 0.29) is 11.1 Å². The lowest BCUT2D eigenvalue weighted by atomic mass is 9.94. The van der Waals surface area contributed by atoms with Crippen molar-refractivity contribution in [3.05, 3.63) is 107 Å². The number of carbonyl (C=O) groups is 4. The van der Waals surface area contributed by atoms with Gasteiger partial charge in [0.25, 0.3) is 11.8 Å². The Morgan fingerprint density at radius 1 is 0.436 bits per heavy atom. The molecular weight excluding hydrogens is 520 g/mol. The lowest BCUT2D eigenvalue weighted by Gasteiger charge is -2.18. The first-order valence-corrected chi connectivity index (χ1v) is 12.8. The molecule has 39 heavy (non-hydrogen) atoms. The summed E-state index contributed by atoms with van der Waals surface area (Å²) in [5.74, 6) is -4.72. The number of rotatable bonds is 8. The molecule has 0 heterocycles. The van der Waals surface area contributed by atoms with Crippen LogP contribution in [0.2, 0.25) is 0 Å². The third-order valence-corrected chi connectivity index (χ3v) is 7.91. The Kier molecular flexibility index (Phi) is 7.02. The average Bonchev–Trinajstić information content (AvgIpc) is 2.92. The van der Waals surface area contributed by atoms with Crippen molar-refractivity contribution in [1.29, 1.82) is 0 Å². The van der Waals surface area contributed by atoms with Gasteiger partial charge in [0.2, 0.25) is 21.7 Å². The molecule has 0 aromatic heterocycles. The third kappa shape index (κ3) is 4.74. The molecule has 0 bridgehead atoms. The first kappa shape index (κ1) is 26.8. The van der Waals surface area contributed by atoms with Crippen LogP contribution in [-0.2, 0) is 9.84 Å². The molecule has 0 radical (unpaired) electrons. The summed E-state index contributed by atoms with van der Waals surface area (Å²) in [5.41, 5.74) is 21.4. The van der Waals surface area contributed by atoms with Crippen LogP contribution in [0.1, 0.15) is 41.4 Å². The standard InChI is InChI=1S/C28H22N4O6S/c29-25(33)21-17(15-7-3-1-4-8-15)11-13-19(23(21)27(31)35)39(37,38)20-14-12-18(16-9-5-2-6-10-16)22(26(30)34)24(20)28(32)36/h1-14H,(H2,29,33)(H2,30,34)(H2,31,35)(H2,32,36). The number of nitrogens with two attached hydrogens (primary N) is 4. The molecular formula is C28H22N4O6S. The second-order valence-corrected chi connectivity index (χ2v) is 10.3. The molecule has 0 saturated carbocycles. The highest BCUT2D eigenvalue weighted by atomic mass is 32.2. The van der Waals surface area contributed by atoms with Crippen molar-refractivity contribution in [2.24, 2.45) is 22.9 Å². The van der Waals surface area contributed by atoms with E-state index in [1.807, 2.05) is 0 Å². The number of primary amides is 4. The van der Waals surface area contributed by atoms with Crippen LogP contribution in [0.15, 0.2) is 94.7 Å². The molecule has 0 fully saturated rings. The topological polar surface area (TPSA) is 206 Å². The SMILES string of the molecule is NC(=O)c1c(-c2ccccc2)ccc(S(=O)(=O)c2ccc(-c3ccccc3)c(C(N)=O)c2C(N)=O)c1C(N)=O. The number of benzene rings is 4. The van der Waals surface area contributed by atoms with E-state index in [4.69, 9.17) is 22.9 Å². The summed E-state index contributed by atoms with van der Waals surface area (Å²) < 4.78 is 28.0. The van der Waals surface area contributed by atoms with E-state index in [9.17, 15) is 27.6 Å². The fourth-order valence-electron chi connectivity index (χ4n) is 4.45. The second-order valence-electron chi connectivity index (χ2n) is 8.42. The van der Waals surface area contributed by atoms with Gasteiger partial charge in [-0.2, -0.15) is 0 Å². The van der Waals surface area contributed by atoms with E-state index in [0.29, 0.717) is 11.1 Å². The van der Waals surface area contributed by atoms with Crippen molar-refractivity contribution in [1.82, 2.24) is 0 Å². The van der Waals surface area contributed by atoms with Crippen molar-refractivity contribution in [3.8, 4) is 22.3 Å². The predicted octanol–water partition coefficient (Wildman–Crippen LogP) is 2.25. The molecule has 4 rings (SSSR count). The highest BCUT2D eigenvalue weighted by Crippen LogP contribution is 2.37. The molecule has 4 amide bonds. The van der Waals surface area contributed by atoms with Gasteiger partial charge >= 0.3 is 0 Å². The van der Waals surface area contributed by atoms with Gasteiger partial charge in [-0.3, -0.25) is 19.2 Å². The van der Waals surface area contributed by atoms with Crippen LogP contribution in [0.4, 0.5) is 0 Å². The van der Waals surface area contributed by atoms with Gasteiger partial charge in [-0.1, -0.05) is 72.8 Å². The van der Waals surface area contributed by atoms with Gasteiger partial charge in [-0.15, -0.1) is 0 Å². The second kappa shape index (κ2) is 10.2. The molecule has 0 aliphatic heterocycles. The molecule has 4 aromatic carbocycles. The molecule has 4 aromatic rings. The number of sulfone groups is 1. The minimum atomic E-state index is -4.82. The van der Waals surface area contributed by atoms with E-state index in [1.165, 1.54) is 12.1 Å². The zero-order valence-electron chi connectivity index (χ0n) is 20.3. The molecule has 8 N–H and O–H groups in total. The van der Waals surface area contributed by atoms with Gasteiger partial charge in [-0.05, 0) is 34.4 Å². The Morgan fingerprint density at radius 3 is 1.03 bits per heavy atom. The van der Waals surface area contributed by atoms with Crippen LogP contribution < -0.4 is 22.9 Å². The minimum absolute atomic E-state index is 0.170. The fourth-order valence-corrected chi connectivity index (χ4v) is 6.13. The first-order valence-electron chi connectivity index (χ1n) is 11.4. The molecule has 0 saturated heterocycles. The average molecular weight is 543 g/mol. The summed E-state index contributed by atoms with van der Waals surface area (Å²) in [6.45, 7) is 0. The van der Waals surface area contributed by atoms with Crippen molar-refractivity contribution in [2.75, 3.05) is 0 Å². The minimum Gasteiger partial charge on any atom is -0.366 e. The van der Waals surface area contributed by atoms with Crippen LogP contribution in [0.5, 0.6) is 0 Å². The summed E-state index contributed by atoms with van der Waals surface area (Å²) in [4.78, 5) is 48.9. The lowest BCUT2D eigenvalue weighted by Crippen LogP contribution is -2.27. The van der Waals surface area contributed by atoms with Gasteiger partial charge < -0.3 is 22.9 Å². The normalized spacial score (nSPS) is 11.1. The first-order chi connectivity index (χ1) is 18.5. The van der Waals surface area contributed by atoms with Gasteiger partial charge in [0, 0.05) is 0 Å². The smallest absolute Gasteiger partial charge is 0.250 e. The highest BCUT2D eigenvalue weighted by Gasteiger charge is 2.34. The molecule has 10 nitrogen and oxygen atoms in total. The van der Waals surface area contributed by atoms with E-state index in [1.54, 1.807) is 60.7 Å². The monoisotopic (exact) mass is 542 g/mol. The van der Waals surface area contributed by atoms with Gasteiger partial charge in [0.15, 0.2) is 0 Å². The van der Waals surface area contributed by atoms with Crippen LogP contribution in [0.25, 0.3) is 22.3 Å². The Labute approximate surface area is 223 Å². The maximum Gasteiger partial charge on any atom is 0.250 e. The number of hydrogen-bond acceptors (Lipinski definition) is 6. The molecule has 196 valence electrons. The largest absolute Gasteiger partial charge is 0.366 e. The third-order valence-electron chi connectivity index (χ3n) is 6.07. The molecule has 0 aliphatic carbocycles. The van der Waals surface area contributed by atoms with E-state index in [2.05, 4.69) is 0 Å². The maximum atomic E-state index is 14.0. The fraction of sp³-hybridized carbons (Fsp3) is 0. The van der Waals surface area contributed by atoms with Crippen LogP contribution in [-0.4, -0.2) is 32.0 Å². The maximum absolute atomic E-state index is 14.0. The Bertz CT molecular complexity index is 1640. The Balaban J connectivity index is 2.09. The summed E-state index contributed by atoms with van der Waals surface area (Å²) in [6, 6.07) is 21.4. The quantitative estimate of drug-likeness (QED) is 0.262. The molecule has 0 aliphatic rings. The summed E-state index contributed by atoms with van der Waals surface area (Å²) in [5, 5.41) is 0. The van der Waals surface area contributed by atoms with Crippen LogP contribution in [0.3, 0.4) is 0 Å². The lowest BCUT2D eigenvalue weighted by molar-refractivity contribution is 0.0964. The molecule has 11 heteroatoms.